The van der Waals surface area contributed by atoms with E-state index in [4.69, 9.17) is 31.2 Å². The van der Waals surface area contributed by atoms with Gasteiger partial charge in [0.2, 0.25) is 27.7 Å². The number of aromatic nitrogens is 3. The number of nitrogens with zero attached hydrogens (tertiary/aromatic N) is 4. The number of rotatable bonds is 8. The fourth-order valence-corrected chi connectivity index (χ4v) is 10.3. The molecule has 4 amide bonds. The number of allylic oxidation sites excluding steroid dienone is 1. The van der Waals surface area contributed by atoms with Crippen molar-refractivity contribution >= 4 is 62.0 Å². The van der Waals surface area contributed by atoms with Gasteiger partial charge in [0, 0.05) is 34.4 Å². The van der Waals surface area contributed by atoms with Crippen molar-refractivity contribution in [2.75, 3.05) is 6.54 Å². The summed E-state index contributed by atoms with van der Waals surface area (Å²) in [5.74, 6) is -2.02. The Bertz CT molecular complexity index is 2470. The Labute approximate surface area is 352 Å². The van der Waals surface area contributed by atoms with Crippen molar-refractivity contribution in [2.24, 2.45) is 5.92 Å². The van der Waals surface area contributed by atoms with Gasteiger partial charge in [0.1, 0.15) is 29.8 Å². The monoisotopic (exact) mass is 857 g/mol. The summed E-state index contributed by atoms with van der Waals surface area (Å²) in [7, 11) is -3.91. The summed E-state index contributed by atoms with van der Waals surface area (Å²) in [5.41, 5.74) is 1.08. The lowest BCUT2D eigenvalue weighted by Gasteiger charge is -2.30. The lowest BCUT2D eigenvalue weighted by atomic mass is 10.0. The molecule has 2 aliphatic heterocycles. The second kappa shape index (κ2) is 16.3. The molecular weight excluding hydrogens is 810 g/mol. The van der Waals surface area contributed by atoms with Crippen molar-refractivity contribution in [1.29, 1.82) is 0 Å². The molecule has 3 saturated carbocycles. The highest BCUT2D eigenvalue weighted by atomic mass is 35.5. The quantitative estimate of drug-likeness (QED) is 0.188. The van der Waals surface area contributed by atoms with E-state index in [2.05, 4.69) is 15.4 Å². The van der Waals surface area contributed by atoms with Gasteiger partial charge in [-0.1, -0.05) is 60.9 Å². The minimum absolute atomic E-state index is 0.0241. The smallest absolute Gasteiger partial charge is 0.408 e. The Morgan fingerprint density at radius 1 is 0.933 bits per heavy atom. The Balaban J connectivity index is 1.05. The molecule has 0 spiro atoms. The minimum atomic E-state index is -3.91. The zero-order valence-corrected chi connectivity index (χ0v) is 34.6. The summed E-state index contributed by atoms with van der Waals surface area (Å²) in [4.78, 5) is 62.9. The zero-order chi connectivity index (χ0) is 41.6. The molecule has 0 bridgehead atoms. The predicted octanol–water partition coefficient (Wildman–Crippen LogP) is 5.59. The molecule has 60 heavy (non-hydrogen) atoms. The lowest BCUT2D eigenvalue weighted by Crippen LogP contribution is -2.58. The van der Waals surface area contributed by atoms with E-state index in [9.17, 15) is 27.6 Å². The number of hydrogen-bond acceptors (Lipinski definition) is 10. The van der Waals surface area contributed by atoms with Crippen LogP contribution in [0, 0.1) is 5.92 Å². The fraction of sp³-hybridized carbons (Fsp3) is 0.488. The van der Waals surface area contributed by atoms with Gasteiger partial charge in [-0.15, -0.1) is 0 Å². The van der Waals surface area contributed by atoms with E-state index >= 15 is 0 Å². The largest absolute Gasteiger partial charge is 0.472 e. The summed E-state index contributed by atoms with van der Waals surface area (Å²) >= 11 is 6.22. The lowest BCUT2D eigenvalue weighted by molar-refractivity contribution is -0.141. The molecule has 17 heteroatoms. The minimum Gasteiger partial charge on any atom is -0.472 e. The first-order valence-electron chi connectivity index (χ1n) is 21.0. The van der Waals surface area contributed by atoms with Gasteiger partial charge in [-0.3, -0.25) is 19.1 Å². The Kier molecular flexibility index (Phi) is 10.9. The van der Waals surface area contributed by atoms with E-state index in [1.54, 1.807) is 22.7 Å². The molecule has 5 aliphatic rings. The van der Waals surface area contributed by atoms with Crippen molar-refractivity contribution in [3.05, 3.63) is 71.8 Å². The number of alkyl carbamates (subject to hydrolysis) is 1. The van der Waals surface area contributed by atoms with Gasteiger partial charge in [-0.25, -0.2) is 18.2 Å². The summed E-state index contributed by atoms with van der Waals surface area (Å²) in [6.45, 7) is -0.0355. The maximum atomic E-state index is 14.8. The molecule has 4 heterocycles. The number of amides is 4. The van der Waals surface area contributed by atoms with Crippen LogP contribution in [0.15, 0.2) is 66.7 Å². The zero-order valence-electron chi connectivity index (χ0n) is 33.1. The van der Waals surface area contributed by atoms with Gasteiger partial charge in [0.15, 0.2) is 5.65 Å². The Morgan fingerprint density at radius 2 is 1.70 bits per heavy atom. The van der Waals surface area contributed by atoms with E-state index in [1.807, 2.05) is 48.6 Å². The predicted molar refractivity (Wildman–Crippen MR) is 222 cm³/mol. The van der Waals surface area contributed by atoms with Crippen molar-refractivity contribution in [1.82, 2.24) is 34.9 Å². The van der Waals surface area contributed by atoms with Crippen molar-refractivity contribution in [3.63, 3.8) is 0 Å². The van der Waals surface area contributed by atoms with Crippen LogP contribution < -0.4 is 20.1 Å². The first kappa shape index (κ1) is 40.2. The van der Waals surface area contributed by atoms with Gasteiger partial charge in [0.05, 0.1) is 23.0 Å². The standard InChI is InChI=1S/C43H48ClN7O8S/c44-28-18-16-26(17-19-28)35-23-37(51-38(45-35)32-13-8-9-14-33(32)48-51)58-30-22-36-39(52)47-43(41(54)49-60(56,57)31-20-21-31)24-27(43)10-4-2-1-3-5-15-34(40(53)50(36)25-30)46-42(55)59-29-11-6-7-12-29/h4,8-10,13-14,16-19,23,27,29-31,34,36H,1-3,5-7,11-12,15,20-22,24-25H2,(H,46,55)(H,47,52)(H,49,54)/t27-,30-,34+,36+,43-/m1/s1. The van der Waals surface area contributed by atoms with Crippen LogP contribution in [0.1, 0.15) is 83.5 Å². The molecule has 0 unspecified atom stereocenters. The third kappa shape index (κ3) is 8.27. The van der Waals surface area contributed by atoms with E-state index in [1.165, 1.54) is 4.90 Å². The summed E-state index contributed by atoms with van der Waals surface area (Å²) in [6, 6.07) is 14.4. The first-order chi connectivity index (χ1) is 29.0. The number of halogens is 1. The summed E-state index contributed by atoms with van der Waals surface area (Å²) in [6.07, 6.45) is 10.0. The van der Waals surface area contributed by atoms with Gasteiger partial charge in [-0.05, 0) is 88.5 Å². The number of carbonyl (C=O) groups is 4. The number of benzene rings is 2. The number of ether oxygens (including phenoxy) is 2. The number of sulfonamides is 1. The third-order valence-electron chi connectivity index (χ3n) is 12.4. The molecule has 1 saturated heterocycles. The second-order valence-corrected chi connectivity index (χ2v) is 19.1. The van der Waals surface area contributed by atoms with Crippen molar-refractivity contribution < 1.29 is 37.1 Å². The van der Waals surface area contributed by atoms with Crippen molar-refractivity contribution in [2.45, 2.75) is 119 Å². The van der Waals surface area contributed by atoms with Crippen LogP contribution in [0.5, 0.6) is 5.88 Å². The van der Waals surface area contributed by atoms with Crippen LogP contribution in [0.4, 0.5) is 4.79 Å². The van der Waals surface area contributed by atoms with E-state index in [0.29, 0.717) is 59.9 Å². The maximum absolute atomic E-state index is 14.8. The average Bonchev–Trinajstić information content (AvgIpc) is 4.04. The van der Waals surface area contributed by atoms with Crippen LogP contribution >= 0.6 is 11.6 Å². The molecular formula is C43H48ClN7O8S. The average molecular weight is 858 g/mol. The topological polar surface area (TPSA) is 190 Å². The normalized spacial score (nSPS) is 26.4. The maximum Gasteiger partial charge on any atom is 0.408 e. The molecule has 0 radical (unpaired) electrons. The molecule has 2 aromatic carbocycles. The van der Waals surface area contributed by atoms with Crippen LogP contribution in [0.3, 0.4) is 0 Å². The van der Waals surface area contributed by atoms with Crippen LogP contribution in [0.25, 0.3) is 27.8 Å². The highest BCUT2D eigenvalue weighted by molar-refractivity contribution is 7.91. The van der Waals surface area contributed by atoms with Gasteiger partial charge in [-0.2, -0.15) is 9.61 Å². The molecule has 3 aliphatic carbocycles. The van der Waals surface area contributed by atoms with Gasteiger partial charge in [0.25, 0.3) is 5.91 Å². The van der Waals surface area contributed by atoms with Crippen LogP contribution in [0.2, 0.25) is 5.02 Å². The molecule has 15 nitrogen and oxygen atoms in total. The van der Waals surface area contributed by atoms with E-state index in [0.717, 1.165) is 49.5 Å². The second-order valence-electron chi connectivity index (χ2n) is 16.7. The summed E-state index contributed by atoms with van der Waals surface area (Å²) < 4.78 is 42.2. The number of hydrogen-bond donors (Lipinski definition) is 3. The van der Waals surface area contributed by atoms with Gasteiger partial charge < -0.3 is 25.0 Å². The molecule has 4 aromatic rings. The van der Waals surface area contributed by atoms with E-state index in [-0.39, 0.29) is 25.5 Å². The van der Waals surface area contributed by atoms with E-state index < -0.39 is 68.7 Å². The molecule has 9 rings (SSSR count). The molecule has 316 valence electrons. The fourth-order valence-electron chi connectivity index (χ4n) is 8.81. The van der Waals surface area contributed by atoms with Gasteiger partial charge >= 0.3 is 6.09 Å². The molecule has 2 aromatic heterocycles. The SMILES string of the molecule is O=C(N[C@H]1CCCCCC=C[C@@H]2C[C@@]2(C(=O)NS(=O)(=O)C2CC2)NC(=O)[C@@H]2C[C@@H](Oc3cc(-c4ccc(Cl)cc4)nc4c5ccccc5nn34)CN2C1=O)OC1CCCC1. The van der Waals surface area contributed by atoms with Crippen LogP contribution in [-0.2, 0) is 29.1 Å². The highest BCUT2D eigenvalue weighted by Crippen LogP contribution is 2.46. The number of carbonyl (C=O) groups excluding carboxylic acids is 4. The molecule has 3 N–H and O–H groups in total. The highest BCUT2D eigenvalue weighted by Gasteiger charge is 2.62. The number of nitrogens with one attached hydrogen (secondary N) is 3. The Hall–Kier alpha value is -5.22. The first-order valence-corrected chi connectivity index (χ1v) is 22.9. The molecule has 4 fully saturated rings. The Morgan fingerprint density at radius 3 is 2.48 bits per heavy atom. The molecule has 5 atom stereocenters. The third-order valence-corrected chi connectivity index (χ3v) is 14.5. The number of fused-ring (bicyclic) bond motifs is 5. The van der Waals surface area contributed by atoms with Crippen molar-refractivity contribution in [3.8, 4) is 17.1 Å². The van der Waals surface area contributed by atoms with Crippen LogP contribution in [-0.4, -0.2) is 93.4 Å². The summed E-state index contributed by atoms with van der Waals surface area (Å²) in [5, 5.41) is 11.3.